The van der Waals surface area contributed by atoms with E-state index in [0.717, 1.165) is 11.3 Å². The molecule has 0 saturated heterocycles. The van der Waals surface area contributed by atoms with Gasteiger partial charge in [0.25, 0.3) is 5.19 Å². The van der Waals surface area contributed by atoms with E-state index in [1.807, 2.05) is 0 Å². The highest BCUT2D eigenvalue weighted by atomic mass is 79.9. The standard InChI is InChI=1S/C9H6BrFN2O2S/c10-5-1-6(11)3-7(2-5)15-9-13-12-8(4-14)16-9/h1-3,14H,4H2. The normalized spacial score (nSPS) is 10.4. The Morgan fingerprint density at radius 2 is 2.19 bits per heavy atom. The summed E-state index contributed by atoms with van der Waals surface area (Å²) in [5, 5.41) is 16.9. The second-order valence-electron chi connectivity index (χ2n) is 2.83. The first-order valence-corrected chi connectivity index (χ1v) is 5.85. The number of aliphatic hydroxyl groups excluding tert-OH is 1. The number of aromatic nitrogens is 2. The summed E-state index contributed by atoms with van der Waals surface area (Å²) in [5.41, 5.74) is 0. The summed E-state index contributed by atoms with van der Waals surface area (Å²) in [6.45, 7) is -0.187. The van der Waals surface area contributed by atoms with Crippen LogP contribution in [0.3, 0.4) is 0 Å². The lowest BCUT2D eigenvalue weighted by Gasteiger charge is -2.01. The van der Waals surface area contributed by atoms with Crippen LogP contribution in [-0.4, -0.2) is 15.3 Å². The maximum atomic E-state index is 13.0. The van der Waals surface area contributed by atoms with Crippen LogP contribution in [0.2, 0.25) is 0 Å². The first kappa shape index (κ1) is 11.4. The molecule has 0 fully saturated rings. The smallest absolute Gasteiger partial charge is 0.299 e. The molecule has 0 spiro atoms. The zero-order valence-electron chi connectivity index (χ0n) is 7.85. The quantitative estimate of drug-likeness (QED) is 0.947. The third-order valence-electron chi connectivity index (χ3n) is 1.62. The number of nitrogens with zero attached hydrogens (tertiary/aromatic N) is 2. The SMILES string of the molecule is OCc1nnc(Oc2cc(F)cc(Br)c2)s1. The molecule has 84 valence electrons. The Morgan fingerprint density at radius 3 is 2.81 bits per heavy atom. The Kier molecular flexibility index (Phi) is 3.47. The molecule has 0 amide bonds. The minimum Gasteiger partial charge on any atom is -0.430 e. The largest absolute Gasteiger partial charge is 0.430 e. The van der Waals surface area contributed by atoms with Crippen LogP contribution in [0.4, 0.5) is 4.39 Å². The number of aliphatic hydroxyl groups is 1. The summed E-state index contributed by atoms with van der Waals surface area (Å²) >= 11 is 4.26. The average molecular weight is 305 g/mol. The van der Waals surface area contributed by atoms with Crippen molar-refractivity contribution in [3.63, 3.8) is 0 Å². The predicted octanol–water partition coefficient (Wildman–Crippen LogP) is 2.72. The van der Waals surface area contributed by atoms with Gasteiger partial charge >= 0.3 is 0 Å². The fourth-order valence-corrected chi connectivity index (χ4v) is 2.04. The van der Waals surface area contributed by atoms with Crippen molar-refractivity contribution in [1.29, 1.82) is 0 Å². The van der Waals surface area contributed by atoms with Crippen LogP contribution in [0.25, 0.3) is 0 Å². The maximum Gasteiger partial charge on any atom is 0.299 e. The van der Waals surface area contributed by atoms with Gasteiger partial charge < -0.3 is 9.84 Å². The lowest BCUT2D eigenvalue weighted by molar-refractivity contribution is 0.280. The molecular weight excluding hydrogens is 299 g/mol. The molecule has 1 N–H and O–H groups in total. The first-order chi connectivity index (χ1) is 7.67. The number of ether oxygens (including phenoxy) is 1. The molecule has 0 unspecified atom stereocenters. The van der Waals surface area contributed by atoms with Crippen LogP contribution in [0.15, 0.2) is 22.7 Å². The molecule has 0 aliphatic carbocycles. The lowest BCUT2D eigenvalue weighted by atomic mass is 10.3. The summed E-state index contributed by atoms with van der Waals surface area (Å²) in [6, 6.07) is 4.18. The molecule has 0 atom stereocenters. The molecule has 0 aliphatic rings. The minimum absolute atomic E-state index is 0.187. The molecule has 0 saturated carbocycles. The Labute approximate surface area is 103 Å². The number of rotatable bonds is 3. The van der Waals surface area contributed by atoms with Gasteiger partial charge in [-0.05, 0) is 12.1 Å². The summed E-state index contributed by atoms with van der Waals surface area (Å²) in [4.78, 5) is 0. The van der Waals surface area contributed by atoms with E-state index in [1.165, 1.54) is 12.1 Å². The number of hydrogen-bond acceptors (Lipinski definition) is 5. The molecular formula is C9H6BrFN2O2S. The molecule has 0 aliphatic heterocycles. The fourth-order valence-electron chi connectivity index (χ4n) is 1.03. The Morgan fingerprint density at radius 1 is 1.38 bits per heavy atom. The molecule has 1 heterocycles. The van der Waals surface area contributed by atoms with E-state index in [1.54, 1.807) is 6.07 Å². The van der Waals surface area contributed by atoms with Gasteiger partial charge in [-0.25, -0.2) is 4.39 Å². The van der Waals surface area contributed by atoms with Crippen LogP contribution < -0.4 is 4.74 Å². The maximum absolute atomic E-state index is 13.0. The van der Waals surface area contributed by atoms with Gasteiger partial charge in [-0.1, -0.05) is 32.4 Å². The van der Waals surface area contributed by atoms with Crippen molar-refractivity contribution in [2.45, 2.75) is 6.61 Å². The topological polar surface area (TPSA) is 55.2 Å². The van der Waals surface area contributed by atoms with Gasteiger partial charge in [-0.15, -0.1) is 5.10 Å². The van der Waals surface area contributed by atoms with Gasteiger partial charge in [0, 0.05) is 10.5 Å². The highest BCUT2D eigenvalue weighted by Gasteiger charge is 2.07. The second kappa shape index (κ2) is 4.86. The van der Waals surface area contributed by atoms with E-state index >= 15 is 0 Å². The zero-order chi connectivity index (χ0) is 11.5. The van der Waals surface area contributed by atoms with Gasteiger partial charge in [-0.2, -0.15) is 0 Å². The number of hydrogen-bond donors (Lipinski definition) is 1. The van der Waals surface area contributed by atoms with Gasteiger partial charge in [0.05, 0.1) is 6.61 Å². The van der Waals surface area contributed by atoms with Crippen LogP contribution in [0.1, 0.15) is 5.01 Å². The van der Waals surface area contributed by atoms with Crippen LogP contribution in [0, 0.1) is 5.82 Å². The predicted molar refractivity (Wildman–Crippen MR) is 60.0 cm³/mol. The summed E-state index contributed by atoms with van der Waals surface area (Å²) in [7, 11) is 0. The van der Waals surface area contributed by atoms with Crippen LogP contribution in [0.5, 0.6) is 10.9 Å². The van der Waals surface area contributed by atoms with Crippen molar-refractivity contribution < 1.29 is 14.2 Å². The molecule has 1 aromatic heterocycles. The molecule has 0 radical (unpaired) electrons. The van der Waals surface area contributed by atoms with E-state index in [2.05, 4.69) is 26.1 Å². The van der Waals surface area contributed by atoms with Crippen molar-refractivity contribution in [2.24, 2.45) is 0 Å². The molecule has 2 rings (SSSR count). The second-order valence-corrected chi connectivity index (χ2v) is 4.77. The van der Waals surface area contributed by atoms with E-state index < -0.39 is 5.82 Å². The van der Waals surface area contributed by atoms with E-state index in [9.17, 15) is 4.39 Å². The molecule has 16 heavy (non-hydrogen) atoms. The van der Waals surface area contributed by atoms with Crippen molar-refractivity contribution in [3.8, 4) is 10.9 Å². The van der Waals surface area contributed by atoms with E-state index in [4.69, 9.17) is 9.84 Å². The molecule has 4 nitrogen and oxygen atoms in total. The van der Waals surface area contributed by atoms with Crippen molar-refractivity contribution in [3.05, 3.63) is 33.5 Å². The van der Waals surface area contributed by atoms with Crippen LogP contribution in [-0.2, 0) is 6.61 Å². The highest BCUT2D eigenvalue weighted by molar-refractivity contribution is 9.10. The van der Waals surface area contributed by atoms with E-state index in [0.29, 0.717) is 15.2 Å². The van der Waals surface area contributed by atoms with Gasteiger partial charge in [0.2, 0.25) is 0 Å². The molecule has 2 aromatic rings. The molecule has 1 aromatic carbocycles. The highest BCUT2D eigenvalue weighted by Crippen LogP contribution is 2.27. The fraction of sp³-hybridized carbons (Fsp3) is 0.111. The monoisotopic (exact) mass is 304 g/mol. The molecule has 7 heteroatoms. The van der Waals surface area contributed by atoms with E-state index in [-0.39, 0.29) is 11.8 Å². The van der Waals surface area contributed by atoms with Gasteiger partial charge in [-0.3, -0.25) is 0 Å². The number of halogens is 2. The minimum atomic E-state index is -0.406. The van der Waals surface area contributed by atoms with Crippen LogP contribution >= 0.6 is 27.3 Å². The Bertz CT molecular complexity index is 486. The van der Waals surface area contributed by atoms with Crippen molar-refractivity contribution >= 4 is 27.3 Å². The summed E-state index contributed by atoms with van der Waals surface area (Å²) in [5.74, 6) is -0.0798. The molecule has 0 bridgehead atoms. The average Bonchev–Trinajstić information content (AvgIpc) is 2.64. The Hall–Kier alpha value is -1.05. The zero-order valence-corrected chi connectivity index (χ0v) is 10.3. The summed E-state index contributed by atoms with van der Waals surface area (Å²) in [6.07, 6.45) is 0. The van der Waals surface area contributed by atoms with Crippen molar-refractivity contribution in [1.82, 2.24) is 10.2 Å². The summed E-state index contributed by atoms with van der Waals surface area (Å²) < 4.78 is 18.9. The number of benzene rings is 1. The lowest BCUT2D eigenvalue weighted by Crippen LogP contribution is -1.85. The Balaban J connectivity index is 2.19. The van der Waals surface area contributed by atoms with Crippen molar-refractivity contribution in [2.75, 3.05) is 0 Å². The van der Waals surface area contributed by atoms with Gasteiger partial charge in [0.15, 0.2) is 0 Å². The third-order valence-corrected chi connectivity index (χ3v) is 2.87. The third kappa shape index (κ3) is 2.75. The van der Waals surface area contributed by atoms with Gasteiger partial charge in [0.1, 0.15) is 16.6 Å². The first-order valence-electron chi connectivity index (χ1n) is 4.24.